The standard InChI is InChI=1S/C20H19F3N6O2S/c1-28-6-8-29(9-7-28)19(31)11-2-3-12-13(10-11)32-18(26-12)15(16(24)30)17-25-5-4-14(27-17)20(21,22)23/h2-5,10,26H,6-9H2,1H3,(H2,24,30)/b18-15-. The largest absolute Gasteiger partial charge is 0.433 e. The van der Waals surface area contributed by atoms with E-state index in [1.807, 2.05) is 7.05 Å². The number of hydrogen-bond donors (Lipinski definition) is 2. The van der Waals surface area contributed by atoms with Crippen molar-refractivity contribution in [2.75, 3.05) is 38.5 Å². The number of halogens is 3. The van der Waals surface area contributed by atoms with Crippen molar-refractivity contribution in [2.24, 2.45) is 5.73 Å². The van der Waals surface area contributed by atoms with Crippen LogP contribution in [0, 0.1) is 0 Å². The number of nitrogens with two attached hydrogens (primary N) is 1. The minimum atomic E-state index is -4.69. The molecule has 1 aromatic heterocycles. The van der Waals surface area contributed by atoms with Crippen molar-refractivity contribution in [1.82, 2.24) is 19.8 Å². The third kappa shape index (κ3) is 4.41. The summed E-state index contributed by atoms with van der Waals surface area (Å²) in [6, 6.07) is 5.75. The van der Waals surface area contributed by atoms with E-state index >= 15 is 0 Å². The highest BCUT2D eigenvalue weighted by molar-refractivity contribution is 8.04. The lowest BCUT2D eigenvalue weighted by Crippen LogP contribution is -2.47. The molecular formula is C20H19F3N6O2S. The molecule has 0 atom stereocenters. The smallest absolute Gasteiger partial charge is 0.365 e. The molecule has 3 heterocycles. The number of hydrogen-bond acceptors (Lipinski definition) is 7. The van der Waals surface area contributed by atoms with Crippen LogP contribution in [0.2, 0.25) is 0 Å². The highest BCUT2D eigenvalue weighted by Gasteiger charge is 2.34. The Morgan fingerprint density at radius 3 is 2.53 bits per heavy atom. The van der Waals surface area contributed by atoms with Gasteiger partial charge in [0.25, 0.3) is 11.8 Å². The number of thioether (sulfide) groups is 1. The molecule has 1 saturated heterocycles. The number of primary amides is 1. The van der Waals surface area contributed by atoms with E-state index in [1.165, 1.54) is 0 Å². The molecule has 2 amide bonds. The summed E-state index contributed by atoms with van der Waals surface area (Å²) in [5, 5.41) is 3.18. The predicted octanol–water partition coefficient (Wildman–Crippen LogP) is 2.25. The number of piperazine rings is 1. The molecule has 1 fully saturated rings. The minimum Gasteiger partial charge on any atom is -0.365 e. The Bertz CT molecular complexity index is 1110. The summed E-state index contributed by atoms with van der Waals surface area (Å²) in [6.45, 7) is 2.83. The highest BCUT2D eigenvalue weighted by Crippen LogP contribution is 2.44. The first-order valence-electron chi connectivity index (χ1n) is 9.65. The molecule has 0 radical (unpaired) electrons. The fourth-order valence-electron chi connectivity index (χ4n) is 3.37. The van der Waals surface area contributed by atoms with Crippen LogP contribution in [-0.4, -0.2) is 64.8 Å². The van der Waals surface area contributed by atoms with Crippen molar-refractivity contribution in [3.63, 3.8) is 0 Å². The Labute approximate surface area is 185 Å². The first-order valence-corrected chi connectivity index (χ1v) is 10.5. The second-order valence-electron chi connectivity index (χ2n) is 7.37. The molecule has 0 unspecified atom stereocenters. The predicted molar refractivity (Wildman–Crippen MR) is 112 cm³/mol. The Balaban J connectivity index is 1.63. The fourth-order valence-corrected chi connectivity index (χ4v) is 4.46. The summed E-state index contributed by atoms with van der Waals surface area (Å²) >= 11 is 1.09. The van der Waals surface area contributed by atoms with Crippen LogP contribution in [0.15, 0.2) is 40.4 Å². The molecule has 2 aliphatic heterocycles. The number of alkyl halides is 3. The molecule has 32 heavy (non-hydrogen) atoms. The van der Waals surface area contributed by atoms with E-state index in [0.717, 1.165) is 31.0 Å². The van der Waals surface area contributed by atoms with E-state index in [2.05, 4.69) is 20.2 Å². The summed E-state index contributed by atoms with van der Waals surface area (Å²) < 4.78 is 39.1. The summed E-state index contributed by atoms with van der Waals surface area (Å²) in [7, 11) is 2.00. The zero-order valence-corrected chi connectivity index (χ0v) is 17.8. The van der Waals surface area contributed by atoms with Gasteiger partial charge in [0.15, 0.2) is 5.82 Å². The Kier molecular flexibility index (Phi) is 5.82. The number of carbonyl (C=O) groups excluding carboxylic acids is 2. The van der Waals surface area contributed by atoms with Gasteiger partial charge in [0.05, 0.1) is 10.7 Å². The molecule has 0 bridgehead atoms. The molecular weight excluding hydrogens is 445 g/mol. The lowest BCUT2D eigenvalue weighted by Gasteiger charge is -2.32. The van der Waals surface area contributed by atoms with E-state index in [0.29, 0.717) is 35.3 Å². The van der Waals surface area contributed by atoms with E-state index in [9.17, 15) is 22.8 Å². The molecule has 1 aromatic carbocycles. The molecule has 4 rings (SSSR count). The van der Waals surface area contributed by atoms with Crippen molar-refractivity contribution < 1.29 is 22.8 Å². The maximum Gasteiger partial charge on any atom is 0.433 e. The number of aromatic nitrogens is 2. The quantitative estimate of drug-likeness (QED) is 0.672. The molecule has 0 saturated carbocycles. The minimum absolute atomic E-state index is 0.102. The normalized spacial score (nSPS) is 18.2. The average Bonchev–Trinajstić information content (AvgIpc) is 3.15. The third-order valence-corrected chi connectivity index (χ3v) is 6.19. The number of rotatable bonds is 3. The fraction of sp³-hybridized carbons (Fsp3) is 0.300. The Morgan fingerprint density at radius 1 is 1.16 bits per heavy atom. The van der Waals surface area contributed by atoms with Crippen molar-refractivity contribution >= 4 is 34.8 Å². The summed E-state index contributed by atoms with van der Waals surface area (Å²) in [5.41, 5.74) is 5.10. The number of nitrogens with one attached hydrogen (secondary N) is 1. The van der Waals surface area contributed by atoms with Crippen LogP contribution < -0.4 is 11.1 Å². The second-order valence-corrected chi connectivity index (χ2v) is 8.42. The van der Waals surface area contributed by atoms with Crippen molar-refractivity contribution in [1.29, 1.82) is 0 Å². The van der Waals surface area contributed by atoms with Crippen LogP contribution in [0.1, 0.15) is 21.9 Å². The molecule has 0 spiro atoms. The van der Waals surface area contributed by atoms with Gasteiger partial charge in [-0.3, -0.25) is 9.59 Å². The molecule has 12 heteroatoms. The molecule has 8 nitrogen and oxygen atoms in total. The first-order chi connectivity index (χ1) is 15.1. The van der Waals surface area contributed by atoms with Crippen LogP contribution in [0.3, 0.4) is 0 Å². The number of amides is 2. The number of likely N-dealkylation sites (N-methyl/N-ethyl adjacent to an activating group) is 1. The van der Waals surface area contributed by atoms with Crippen LogP contribution in [0.5, 0.6) is 0 Å². The molecule has 2 aliphatic rings. The number of carbonyl (C=O) groups is 2. The van der Waals surface area contributed by atoms with Gasteiger partial charge in [-0.1, -0.05) is 11.8 Å². The molecule has 3 N–H and O–H groups in total. The van der Waals surface area contributed by atoms with Crippen molar-refractivity contribution in [3.8, 4) is 0 Å². The Morgan fingerprint density at radius 2 is 1.88 bits per heavy atom. The van der Waals surface area contributed by atoms with Gasteiger partial charge >= 0.3 is 6.18 Å². The summed E-state index contributed by atoms with van der Waals surface area (Å²) in [6.07, 6.45) is -3.77. The van der Waals surface area contributed by atoms with Crippen molar-refractivity contribution in [3.05, 3.63) is 52.6 Å². The average molecular weight is 464 g/mol. The molecule has 0 aliphatic carbocycles. The van der Waals surface area contributed by atoms with Gasteiger partial charge in [0.1, 0.15) is 11.3 Å². The zero-order valence-electron chi connectivity index (χ0n) is 16.9. The lowest BCUT2D eigenvalue weighted by atomic mass is 10.1. The summed E-state index contributed by atoms with van der Waals surface area (Å²) in [5.74, 6) is -1.50. The zero-order chi connectivity index (χ0) is 23.0. The van der Waals surface area contributed by atoms with Gasteiger partial charge in [-0.15, -0.1) is 0 Å². The first kappa shape index (κ1) is 22.1. The maximum atomic E-state index is 13.0. The van der Waals surface area contributed by atoms with E-state index in [-0.39, 0.29) is 16.5 Å². The molecule has 168 valence electrons. The number of nitrogens with zero attached hydrogens (tertiary/aromatic N) is 4. The third-order valence-electron chi connectivity index (χ3n) is 5.12. The van der Waals surface area contributed by atoms with E-state index in [1.54, 1.807) is 23.1 Å². The monoisotopic (exact) mass is 464 g/mol. The lowest BCUT2D eigenvalue weighted by molar-refractivity contribution is -0.141. The van der Waals surface area contributed by atoms with Gasteiger partial charge in [-0.25, -0.2) is 9.97 Å². The van der Waals surface area contributed by atoms with Crippen LogP contribution in [0.25, 0.3) is 5.57 Å². The van der Waals surface area contributed by atoms with Gasteiger partial charge in [0, 0.05) is 42.8 Å². The van der Waals surface area contributed by atoms with E-state index in [4.69, 9.17) is 5.73 Å². The topological polar surface area (TPSA) is 104 Å². The molecule has 2 aromatic rings. The number of fused-ring (bicyclic) bond motifs is 1. The number of benzene rings is 1. The van der Waals surface area contributed by atoms with Gasteiger partial charge in [0.2, 0.25) is 0 Å². The van der Waals surface area contributed by atoms with Gasteiger partial charge in [-0.2, -0.15) is 13.2 Å². The summed E-state index contributed by atoms with van der Waals surface area (Å²) in [4.78, 5) is 36.8. The van der Waals surface area contributed by atoms with Crippen LogP contribution >= 0.6 is 11.8 Å². The van der Waals surface area contributed by atoms with Gasteiger partial charge < -0.3 is 20.9 Å². The highest BCUT2D eigenvalue weighted by atomic mass is 32.2. The maximum absolute atomic E-state index is 13.0. The van der Waals surface area contributed by atoms with E-state index < -0.39 is 23.6 Å². The Hall–Kier alpha value is -3.12. The number of anilines is 1. The van der Waals surface area contributed by atoms with Gasteiger partial charge in [-0.05, 0) is 31.3 Å². The van der Waals surface area contributed by atoms with Crippen LogP contribution in [0.4, 0.5) is 18.9 Å². The van der Waals surface area contributed by atoms with Crippen LogP contribution in [-0.2, 0) is 11.0 Å². The van der Waals surface area contributed by atoms with Crippen molar-refractivity contribution in [2.45, 2.75) is 11.1 Å². The second kappa shape index (κ2) is 8.43. The SMILES string of the molecule is CN1CCN(C(=O)c2ccc3c(c2)S/C(=C(/C(N)=O)c2nccc(C(F)(F)F)n2)N3)CC1.